The molecule has 2 N–H and O–H groups in total. The Morgan fingerprint density at radius 2 is 2.19 bits per heavy atom. The zero-order chi connectivity index (χ0) is 14.8. The van der Waals surface area contributed by atoms with E-state index in [1.54, 1.807) is 6.07 Å². The van der Waals surface area contributed by atoms with Gasteiger partial charge in [0.05, 0.1) is 6.21 Å². The van der Waals surface area contributed by atoms with Gasteiger partial charge in [0.1, 0.15) is 11.5 Å². The Morgan fingerprint density at radius 1 is 1.33 bits per heavy atom. The van der Waals surface area contributed by atoms with Crippen molar-refractivity contribution >= 4 is 23.8 Å². The smallest absolute Gasteiger partial charge is 0.263 e. The molecule has 0 aliphatic rings. The monoisotopic (exact) mass is 302 g/mol. The molecule has 3 rings (SSSR count). The maximum Gasteiger partial charge on any atom is 0.263 e. The van der Waals surface area contributed by atoms with Gasteiger partial charge in [-0.25, -0.2) is 0 Å². The molecule has 106 valence electrons. The maximum atomic E-state index is 6.11. The Labute approximate surface area is 125 Å². The molecule has 8 heteroatoms. The Morgan fingerprint density at radius 3 is 2.90 bits per heavy atom. The van der Waals surface area contributed by atoms with Crippen LogP contribution in [0, 0.1) is 6.92 Å². The maximum absolute atomic E-state index is 6.11. The van der Waals surface area contributed by atoms with Gasteiger partial charge in [0.15, 0.2) is 0 Å². The van der Waals surface area contributed by atoms with Crippen LogP contribution in [0.3, 0.4) is 0 Å². The second kappa shape index (κ2) is 5.37. The van der Waals surface area contributed by atoms with Gasteiger partial charge < -0.3 is 10.2 Å². The van der Waals surface area contributed by atoms with Gasteiger partial charge in [-0.2, -0.15) is 5.10 Å². The first-order valence-electron chi connectivity index (χ1n) is 6.08. The van der Waals surface area contributed by atoms with E-state index in [-0.39, 0.29) is 5.95 Å². The lowest BCUT2D eigenvalue weighted by Crippen LogP contribution is -1.99. The van der Waals surface area contributed by atoms with Crippen molar-refractivity contribution in [3.63, 3.8) is 0 Å². The third kappa shape index (κ3) is 2.77. The number of hydrogen-bond acceptors (Lipinski definition) is 6. The number of aromatic nitrogens is 4. The van der Waals surface area contributed by atoms with E-state index in [1.165, 1.54) is 6.21 Å². The number of nitrogens with zero attached hydrogens (tertiary/aromatic N) is 5. The van der Waals surface area contributed by atoms with Gasteiger partial charge in [0.2, 0.25) is 0 Å². The van der Waals surface area contributed by atoms with Gasteiger partial charge in [-0.05, 0) is 41.1 Å². The van der Waals surface area contributed by atoms with Gasteiger partial charge in [-0.3, -0.25) is 0 Å². The number of anilines is 1. The summed E-state index contributed by atoms with van der Waals surface area (Å²) in [6.45, 7) is 1.95. The molecule has 3 aromatic rings. The van der Waals surface area contributed by atoms with Crippen LogP contribution in [0.2, 0.25) is 5.02 Å². The van der Waals surface area contributed by atoms with Crippen molar-refractivity contribution in [2.75, 3.05) is 5.73 Å². The summed E-state index contributed by atoms with van der Waals surface area (Å²) in [5.74, 6) is 1.35. The van der Waals surface area contributed by atoms with Crippen molar-refractivity contribution in [2.24, 2.45) is 5.10 Å². The predicted molar refractivity (Wildman–Crippen MR) is 79.1 cm³/mol. The Bertz CT molecular complexity index is 807. The molecule has 2 aromatic heterocycles. The van der Waals surface area contributed by atoms with E-state index in [0.29, 0.717) is 16.5 Å². The van der Waals surface area contributed by atoms with Gasteiger partial charge in [0.25, 0.3) is 5.95 Å². The Balaban J connectivity index is 1.84. The first kappa shape index (κ1) is 13.3. The number of aryl methyl sites for hydroxylation is 1. The second-order valence-electron chi connectivity index (χ2n) is 4.34. The largest absolute Gasteiger partial charge is 0.455 e. The van der Waals surface area contributed by atoms with Crippen LogP contribution < -0.4 is 5.73 Å². The van der Waals surface area contributed by atoms with Crippen LogP contribution in [0.25, 0.3) is 11.3 Å². The van der Waals surface area contributed by atoms with Crippen LogP contribution in [0.1, 0.15) is 11.3 Å². The number of nitrogens with two attached hydrogens (primary N) is 1. The summed E-state index contributed by atoms with van der Waals surface area (Å²) in [6.07, 6.45) is 1.48. The highest BCUT2D eigenvalue weighted by atomic mass is 35.5. The van der Waals surface area contributed by atoms with E-state index in [0.717, 1.165) is 15.9 Å². The Hall–Kier alpha value is -2.67. The molecule has 0 aliphatic heterocycles. The van der Waals surface area contributed by atoms with Crippen LogP contribution in [0.5, 0.6) is 0 Å². The number of hydrogen-bond donors (Lipinski definition) is 1. The summed E-state index contributed by atoms with van der Waals surface area (Å²) in [4.78, 5) is 1.10. The average Bonchev–Trinajstić information content (AvgIpc) is 3.09. The molecule has 0 aliphatic carbocycles. The van der Waals surface area contributed by atoms with E-state index in [4.69, 9.17) is 21.8 Å². The molecule has 0 amide bonds. The molecule has 0 bridgehead atoms. The van der Waals surface area contributed by atoms with Gasteiger partial charge in [0, 0.05) is 10.6 Å². The SMILES string of the molecule is Cc1ccc(-c2ccc(/C=N\n3nnnc3N)o2)cc1Cl. The summed E-state index contributed by atoms with van der Waals surface area (Å²) < 4.78 is 5.67. The highest BCUT2D eigenvalue weighted by Gasteiger charge is 2.06. The highest BCUT2D eigenvalue weighted by Crippen LogP contribution is 2.26. The van der Waals surface area contributed by atoms with E-state index in [2.05, 4.69) is 20.6 Å². The van der Waals surface area contributed by atoms with Gasteiger partial charge in [-0.1, -0.05) is 33.6 Å². The van der Waals surface area contributed by atoms with Gasteiger partial charge in [-0.15, -0.1) is 0 Å². The van der Waals surface area contributed by atoms with E-state index in [9.17, 15) is 0 Å². The van der Waals surface area contributed by atoms with Crippen LogP contribution in [0.15, 0.2) is 39.9 Å². The average molecular weight is 303 g/mol. The van der Waals surface area contributed by atoms with Crippen LogP contribution in [-0.4, -0.2) is 26.5 Å². The first-order chi connectivity index (χ1) is 10.1. The molecule has 21 heavy (non-hydrogen) atoms. The van der Waals surface area contributed by atoms with E-state index >= 15 is 0 Å². The van der Waals surface area contributed by atoms with Crippen LogP contribution in [0.4, 0.5) is 5.95 Å². The lowest BCUT2D eigenvalue weighted by Gasteiger charge is -2.00. The normalized spacial score (nSPS) is 11.3. The molecule has 0 unspecified atom stereocenters. The lowest BCUT2D eigenvalue weighted by atomic mass is 10.1. The Kier molecular flexibility index (Phi) is 3.41. The van der Waals surface area contributed by atoms with E-state index < -0.39 is 0 Å². The lowest BCUT2D eigenvalue weighted by molar-refractivity contribution is 0.573. The standard InChI is InChI=1S/C13H11ClN6O/c1-8-2-3-9(6-11(8)14)12-5-4-10(21-12)7-16-20-13(15)17-18-19-20/h2-7H,1H3,(H2,15,17,19)/b16-7-. The third-order valence-electron chi connectivity index (χ3n) is 2.85. The quantitative estimate of drug-likeness (QED) is 0.749. The van der Waals surface area contributed by atoms with Crippen LogP contribution >= 0.6 is 11.6 Å². The summed E-state index contributed by atoms with van der Waals surface area (Å²) in [6, 6.07) is 9.37. The molecule has 0 atom stereocenters. The van der Waals surface area contributed by atoms with Crippen molar-refractivity contribution in [2.45, 2.75) is 6.92 Å². The highest BCUT2D eigenvalue weighted by molar-refractivity contribution is 6.31. The molecule has 7 nitrogen and oxygen atoms in total. The van der Waals surface area contributed by atoms with Crippen molar-refractivity contribution in [3.05, 3.63) is 46.7 Å². The summed E-state index contributed by atoms with van der Waals surface area (Å²) in [5.41, 5.74) is 7.41. The summed E-state index contributed by atoms with van der Waals surface area (Å²) in [5, 5.41) is 15.2. The fraction of sp³-hybridized carbons (Fsp3) is 0.0769. The molecular formula is C13H11ClN6O. The van der Waals surface area contributed by atoms with Crippen LogP contribution in [-0.2, 0) is 0 Å². The first-order valence-corrected chi connectivity index (χ1v) is 6.46. The van der Waals surface area contributed by atoms with Crippen molar-refractivity contribution in [1.82, 2.24) is 20.3 Å². The molecule has 0 fully saturated rings. The number of furan rings is 1. The molecule has 1 aromatic carbocycles. The minimum Gasteiger partial charge on any atom is -0.455 e. The molecule has 0 spiro atoms. The fourth-order valence-corrected chi connectivity index (χ4v) is 1.89. The van der Waals surface area contributed by atoms with Crippen molar-refractivity contribution < 1.29 is 4.42 Å². The summed E-state index contributed by atoms with van der Waals surface area (Å²) in [7, 11) is 0. The number of halogens is 1. The number of tetrazole rings is 1. The molecule has 0 saturated carbocycles. The molecular weight excluding hydrogens is 292 g/mol. The van der Waals surface area contributed by atoms with Crippen molar-refractivity contribution in [3.8, 4) is 11.3 Å². The minimum atomic E-state index is 0.100. The molecule has 2 heterocycles. The van der Waals surface area contributed by atoms with E-state index in [1.807, 2.05) is 31.2 Å². The number of rotatable bonds is 3. The topological polar surface area (TPSA) is 95.1 Å². The zero-order valence-electron chi connectivity index (χ0n) is 11.1. The summed E-state index contributed by atoms with van der Waals surface area (Å²) >= 11 is 6.11. The zero-order valence-corrected chi connectivity index (χ0v) is 11.8. The molecule has 0 radical (unpaired) electrons. The minimum absolute atomic E-state index is 0.100. The number of benzene rings is 1. The fourth-order valence-electron chi connectivity index (χ4n) is 1.71. The third-order valence-corrected chi connectivity index (χ3v) is 3.26. The second-order valence-corrected chi connectivity index (χ2v) is 4.74. The van der Waals surface area contributed by atoms with Gasteiger partial charge >= 0.3 is 0 Å². The van der Waals surface area contributed by atoms with Crippen molar-refractivity contribution in [1.29, 1.82) is 0 Å². The molecule has 0 saturated heterocycles. The predicted octanol–water partition coefficient (Wildman–Crippen LogP) is 2.36. The number of nitrogen functional groups attached to an aromatic ring is 1.